The van der Waals surface area contributed by atoms with Gasteiger partial charge in [-0.25, -0.2) is 18.6 Å². The monoisotopic (exact) mass is 329 g/mol. The Hall–Kier alpha value is -0.990. The van der Waals surface area contributed by atoms with E-state index in [-0.39, 0.29) is 5.75 Å². The van der Waals surface area contributed by atoms with Crippen LogP contribution in [-0.4, -0.2) is 23.2 Å². The highest BCUT2D eigenvalue weighted by atomic mass is 127. The van der Waals surface area contributed by atoms with Crippen molar-refractivity contribution in [3.8, 4) is 5.75 Å². The van der Waals surface area contributed by atoms with E-state index in [1.54, 1.807) is 22.6 Å². The number of alkyl halides is 2. The van der Waals surface area contributed by atoms with E-state index in [1.807, 2.05) is 0 Å². The van der Waals surface area contributed by atoms with Crippen molar-refractivity contribution in [2.75, 3.05) is 7.11 Å². The fraction of sp³-hybridized carbons (Fsp3) is 0.250. The summed E-state index contributed by atoms with van der Waals surface area (Å²) < 4.78 is 30.3. The van der Waals surface area contributed by atoms with Crippen molar-refractivity contribution in [2.24, 2.45) is 0 Å². The first-order valence-electron chi connectivity index (χ1n) is 3.72. The van der Waals surface area contributed by atoms with Crippen molar-refractivity contribution < 1.29 is 23.4 Å². The maximum atomic E-state index is 12.6. The van der Waals surface area contributed by atoms with Crippen molar-refractivity contribution in [1.82, 2.24) is 4.98 Å². The highest BCUT2D eigenvalue weighted by Gasteiger charge is 2.26. The molecule has 15 heavy (non-hydrogen) atoms. The van der Waals surface area contributed by atoms with Crippen LogP contribution in [0.3, 0.4) is 0 Å². The number of nitrogens with zero attached hydrogens (tertiary/aromatic N) is 1. The van der Waals surface area contributed by atoms with Crippen LogP contribution in [0.5, 0.6) is 5.75 Å². The number of carboxylic acid groups (broad SMARTS) is 1. The molecule has 4 nitrogen and oxygen atoms in total. The highest BCUT2D eigenvalue weighted by Crippen LogP contribution is 2.34. The molecule has 0 aliphatic rings. The molecule has 1 heterocycles. The van der Waals surface area contributed by atoms with Crippen molar-refractivity contribution in [2.45, 2.75) is 6.43 Å². The SMILES string of the molecule is COc1c(I)cnc(C(=O)O)c1C(F)F. The molecular formula is C8H6F2INO3. The summed E-state index contributed by atoms with van der Waals surface area (Å²) in [6, 6.07) is 0. The minimum atomic E-state index is -2.94. The summed E-state index contributed by atoms with van der Waals surface area (Å²) in [5.74, 6) is -1.64. The Morgan fingerprint density at radius 3 is 2.67 bits per heavy atom. The predicted octanol–water partition coefficient (Wildman–Crippen LogP) is 2.33. The van der Waals surface area contributed by atoms with E-state index >= 15 is 0 Å². The molecule has 0 unspecified atom stereocenters. The van der Waals surface area contributed by atoms with Gasteiger partial charge in [-0.3, -0.25) is 0 Å². The Kier molecular flexibility index (Phi) is 3.77. The standard InChI is InChI=1S/C8H6F2INO3/c1-15-6-3(11)2-12-5(8(13)14)4(6)7(9)10/h2,7H,1H3,(H,13,14). The topological polar surface area (TPSA) is 59.4 Å². The molecule has 1 rings (SSSR count). The number of ether oxygens (including phenoxy) is 1. The summed E-state index contributed by atoms with van der Waals surface area (Å²) in [7, 11) is 1.20. The largest absolute Gasteiger partial charge is 0.495 e. The maximum absolute atomic E-state index is 12.6. The van der Waals surface area contributed by atoms with Crippen LogP contribution in [0.25, 0.3) is 0 Å². The third kappa shape index (κ3) is 2.33. The second kappa shape index (κ2) is 4.69. The van der Waals surface area contributed by atoms with Crippen molar-refractivity contribution in [3.63, 3.8) is 0 Å². The molecule has 7 heteroatoms. The summed E-state index contributed by atoms with van der Waals surface area (Å²) in [6.45, 7) is 0. The van der Waals surface area contributed by atoms with Gasteiger partial charge in [-0.15, -0.1) is 0 Å². The number of aromatic nitrogens is 1. The summed E-state index contributed by atoms with van der Waals surface area (Å²) in [5, 5.41) is 8.67. The Morgan fingerprint density at radius 1 is 1.67 bits per heavy atom. The summed E-state index contributed by atoms with van der Waals surface area (Å²) >= 11 is 1.75. The van der Waals surface area contributed by atoms with Gasteiger partial charge in [-0.05, 0) is 22.6 Å². The predicted molar refractivity (Wildman–Crippen MR) is 55.4 cm³/mol. The lowest BCUT2D eigenvalue weighted by Gasteiger charge is -2.11. The summed E-state index contributed by atoms with van der Waals surface area (Å²) in [5.41, 5.74) is -1.36. The van der Waals surface area contributed by atoms with E-state index in [1.165, 1.54) is 13.3 Å². The first-order chi connectivity index (χ1) is 6.99. The third-order valence-corrected chi connectivity index (χ3v) is 2.42. The quantitative estimate of drug-likeness (QED) is 0.865. The maximum Gasteiger partial charge on any atom is 0.355 e. The Morgan fingerprint density at radius 2 is 2.27 bits per heavy atom. The van der Waals surface area contributed by atoms with E-state index in [0.717, 1.165) is 0 Å². The van der Waals surface area contributed by atoms with Crippen LogP contribution >= 0.6 is 22.6 Å². The molecule has 1 aromatic rings. The molecule has 0 saturated heterocycles. The smallest absolute Gasteiger partial charge is 0.355 e. The van der Waals surface area contributed by atoms with Crippen molar-refractivity contribution in [1.29, 1.82) is 0 Å². The fourth-order valence-electron chi connectivity index (χ4n) is 1.07. The average molecular weight is 329 g/mol. The molecule has 0 aliphatic carbocycles. The van der Waals surface area contributed by atoms with Crippen LogP contribution in [0.2, 0.25) is 0 Å². The van der Waals surface area contributed by atoms with Gasteiger partial charge in [-0.2, -0.15) is 0 Å². The van der Waals surface area contributed by atoms with Gasteiger partial charge in [0.2, 0.25) is 0 Å². The highest BCUT2D eigenvalue weighted by molar-refractivity contribution is 14.1. The minimum Gasteiger partial charge on any atom is -0.495 e. The van der Waals surface area contributed by atoms with Crippen molar-refractivity contribution in [3.05, 3.63) is 21.0 Å². The number of halogens is 3. The van der Waals surface area contributed by atoms with Gasteiger partial charge in [0.1, 0.15) is 5.75 Å². The molecular weight excluding hydrogens is 323 g/mol. The first-order valence-corrected chi connectivity index (χ1v) is 4.80. The lowest BCUT2D eigenvalue weighted by molar-refractivity contribution is 0.0675. The minimum absolute atomic E-state index is 0.141. The van der Waals surface area contributed by atoms with Gasteiger partial charge in [0.05, 0.1) is 16.2 Å². The van der Waals surface area contributed by atoms with Crippen LogP contribution in [0, 0.1) is 3.57 Å². The second-order valence-electron chi connectivity index (χ2n) is 2.51. The van der Waals surface area contributed by atoms with Crippen LogP contribution in [0.4, 0.5) is 8.78 Å². The lowest BCUT2D eigenvalue weighted by Crippen LogP contribution is -2.09. The lowest BCUT2D eigenvalue weighted by atomic mass is 10.2. The molecule has 1 aromatic heterocycles. The molecule has 0 bridgehead atoms. The zero-order chi connectivity index (χ0) is 11.6. The molecule has 0 spiro atoms. The second-order valence-corrected chi connectivity index (χ2v) is 3.67. The molecule has 0 aromatic carbocycles. The number of hydrogen-bond acceptors (Lipinski definition) is 3. The normalized spacial score (nSPS) is 10.5. The molecule has 0 radical (unpaired) electrons. The zero-order valence-electron chi connectivity index (χ0n) is 7.50. The van der Waals surface area contributed by atoms with E-state index in [2.05, 4.69) is 4.98 Å². The van der Waals surface area contributed by atoms with Crippen LogP contribution in [0.1, 0.15) is 22.5 Å². The van der Waals surface area contributed by atoms with E-state index in [4.69, 9.17) is 9.84 Å². The van der Waals surface area contributed by atoms with Gasteiger partial charge >= 0.3 is 5.97 Å². The van der Waals surface area contributed by atoms with E-state index in [9.17, 15) is 13.6 Å². The number of methoxy groups -OCH3 is 1. The number of aromatic carboxylic acids is 1. The van der Waals surface area contributed by atoms with Gasteiger partial charge in [0.25, 0.3) is 6.43 Å². The number of carboxylic acids is 1. The molecule has 0 fully saturated rings. The van der Waals surface area contributed by atoms with Crippen molar-refractivity contribution >= 4 is 28.6 Å². The number of rotatable bonds is 3. The number of hydrogen-bond donors (Lipinski definition) is 1. The molecule has 0 saturated carbocycles. The molecule has 0 aliphatic heterocycles. The molecule has 0 atom stereocenters. The Balaban J connectivity index is 3.49. The number of carbonyl (C=O) groups is 1. The van der Waals surface area contributed by atoms with Gasteiger partial charge in [0.15, 0.2) is 5.69 Å². The zero-order valence-corrected chi connectivity index (χ0v) is 9.66. The third-order valence-electron chi connectivity index (χ3n) is 1.65. The Bertz CT molecular complexity index is 398. The van der Waals surface area contributed by atoms with Gasteiger partial charge in [0, 0.05) is 6.20 Å². The van der Waals surface area contributed by atoms with Crippen LogP contribution in [0.15, 0.2) is 6.20 Å². The summed E-state index contributed by atoms with van der Waals surface area (Å²) in [4.78, 5) is 14.1. The van der Waals surface area contributed by atoms with Crippen LogP contribution < -0.4 is 4.74 Å². The summed E-state index contributed by atoms with van der Waals surface area (Å²) in [6.07, 6.45) is -1.76. The fourth-order valence-corrected chi connectivity index (χ4v) is 1.72. The Labute approximate surface area is 97.4 Å². The average Bonchev–Trinajstić information content (AvgIpc) is 2.16. The van der Waals surface area contributed by atoms with Gasteiger partial charge in [-0.1, -0.05) is 0 Å². The van der Waals surface area contributed by atoms with Crippen LogP contribution in [-0.2, 0) is 0 Å². The van der Waals surface area contributed by atoms with Gasteiger partial charge < -0.3 is 9.84 Å². The molecule has 82 valence electrons. The first kappa shape index (κ1) is 12.1. The number of pyridine rings is 1. The van der Waals surface area contributed by atoms with E-state index < -0.39 is 23.7 Å². The van der Waals surface area contributed by atoms with E-state index in [0.29, 0.717) is 3.57 Å². The molecule has 1 N–H and O–H groups in total. The molecule has 0 amide bonds.